The van der Waals surface area contributed by atoms with Gasteiger partial charge in [-0.15, -0.1) is 0 Å². The number of aryl methyl sites for hydroxylation is 2. The van der Waals surface area contributed by atoms with E-state index in [4.69, 9.17) is 4.74 Å². The number of likely N-dealkylation sites (N-methyl/N-ethyl adjacent to an activating group) is 1. The van der Waals surface area contributed by atoms with Crippen molar-refractivity contribution < 1.29 is 4.74 Å². The third kappa shape index (κ3) is 5.19. The van der Waals surface area contributed by atoms with Gasteiger partial charge in [0, 0.05) is 19.8 Å². The highest BCUT2D eigenvalue weighted by Crippen LogP contribution is 2.15. The quantitative estimate of drug-likeness (QED) is 0.714. The van der Waals surface area contributed by atoms with Gasteiger partial charge in [0.1, 0.15) is 0 Å². The minimum Gasteiger partial charge on any atom is -0.385 e. The molecule has 0 aliphatic rings. The number of benzene rings is 1. The van der Waals surface area contributed by atoms with E-state index in [-0.39, 0.29) is 0 Å². The van der Waals surface area contributed by atoms with Crippen molar-refractivity contribution in [1.29, 1.82) is 0 Å². The van der Waals surface area contributed by atoms with E-state index in [1.807, 2.05) is 0 Å². The fourth-order valence-electron chi connectivity index (χ4n) is 2.27. The Hall–Kier alpha value is -0.860. The summed E-state index contributed by atoms with van der Waals surface area (Å²) in [4.78, 5) is 0. The number of ether oxygens (including phenoxy) is 1. The molecule has 0 heterocycles. The van der Waals surface area contributed by atoms with Gasteiger partial charge < -0.3 is 10.1 Å². The van der Waals surface area contributed by atoms with Gasteiger partial charge in [0.2, 0.25) is 0 Å². The Morgan fingerprint density at radius 3 is 2.67 bits per heavy atom. The molecule has 2 nitrogen and oxygen atoms in total. The van der Waals surface area contributed by atoms with Crippen LogP contribution in [0.5, 0.6) is 0 Å². The van der Waals surface area contributed by atoms with Crippen molar-refractivity contribution in [2.24, 2.45) is 0 Å². The molecule has 1 rings (SSSR count). The summed E-state index contributed by atoms with van der Waals surface area (Å²) >= 11 is 0. The van der Waals surface area contributed by atoms with Crippen LogP contribution in [-0.4, -0.2) is 26.8 Å². The van der Waals surface area contributed by atoms with Gasteiger partial charge in [0.05, 0.1) is 0 Å². The Kier molecular flexibility index (Phi) is 6.99. The molecule has 0 fully saturated rings. The summed E-state index contributed by atoms with van der Waals surface area (Å²) in [5.41, 5.74) is 4.23. The molecule has 18 heavy (non-hydrogen) atoms. The fraction of sp³-hybridized carbons (Fsp3) is 0.625. The lowest BCUT2D eigenvalue weighted by Crippen LogP contribution is -2.27. The van der Waals surface area contributed by atoms with Crippen LogP contribution < -0.4 is 5.32 Å². The second kappa shape index (κ2) is 8.28. The molecule has 0 aliphatic heterocycles. The number of rotatable bonds is 8. The summed E-state index contributed by atoms with van der Waals surface area (Å²) < 4.78 is 5.09. The Balaban J connectivity index is 2.48. The van der Waals surface area contributed by atoms with Gasteiger partial charge in [0.15, 0.2) is 0 Å². The normalized spacial score (nSPS) is 12.7. The number of hydrogen-bond donors (Lipinski definition) is 1. The predicted molar refractivity (Wildman–Crippen MR) is 78.2 cm³/mol. The van der Waals surface area contributed by atoms with E-state index < -0.39 is 0 Å². The van der Waals surface area contributed by atoms with E-state index >= 15 is 0 Å². The minimum atomic E-state index is 0.572. The highest BCUT2D eigenvalue weighted by Gasteiger charge is 2.09. The van der Waals surface area contributed by atoms with Crippen LogP contribution >= 0.6 is 0 Å². The summed E-state index contributed by atoms with van der Waals surface area (Å²) in [5, 5.41) is 3.43. The number of methoxy groups -OCH3 is 1. The van der Waals surface area contributed by atoms with Crippen LogP contribution in [0.3, 0.4) is 0 Å². The van der Waals surface area contributed by atoms with E-state index in [1.165, 1.54) is 29.5 Å². The SMILES string of the molecule is CNC(CCCCOC)Cc1cc(C)ccc1C. The molecule has 0 aromatic heterocycles. The van der Waals surface area contributed by atoms with Gasteiger partial charge in [-0.2, -0.15) is 0 Å². The zero-order chi connectivity index (χ0) is 13.4. The minimum absolute atomic E-state index is 0.572. The van der Waals surface area contributed by atoms with E-state index in [1.54, 1.807) is 7.11 Å². The standard InChI is InChI=1S/C16H27NO/c1-13-8-9-14(2)15(11-13)12-16(17-3)7-5-6-10-18-4/h8-9,11,16-17H,5-7,10,12H2,1-4H3. The number of unbranched alkanes of at least 4 members (excludes halogenated alkanes) is 1. The molecule has 1 aromatic carbocycles. The lowest BCUT2D eigenvalue weighted by Gasteiger charge is -2.18. The van der Waals surface area contributed by atoms with Crippen molar-refractivity contribution in [2.45, 2.75) is 45.6 Å². The van der Waals surface area contributed by atoms with Gasteiger partial charge in [-0.05, 0) is 57.7 Å². The lowest BCUT2D eigenvalue weighted by atomic mass is 9.96. The molecule has 0 radical (unpaired) electrons. The third-order valence-corrected chi connectivity index (χ3v) is 3.53. The van der Waals surface area contributed by atoms with Gasteiger partial charge in [0.25, 0.3) is 0 Å². The summed E-state index contributed by atoms with van der Waals surface area (Å²) in [6, 6.07) is 7.30. The fourth-order valence-corrected chi connectivity index (χ4v) is 2.27. The summed E-state index contributed by atoms with van der Waals surface area (Å²) in [5.74, 6) is 0. The van der Waals surface area contributed by atoms with Gasteiger partial charge in [-0.25, -0.2) is 0 Å². The summed E-state index contributed by atoms with van der Waals surface area (Å²) in [6.45, 7) is 5.24. The van der Waals surface area contributed by atoms with Crippen LogP contribution in [0.25, 0.3) is 0 Å². The van der Waals surface area contributed by atoms with Crippen LogP contribution in [0.2, 0.25) is 0 Å². The number of nitrogens with one attached hydrogen (secondary N) is 1. The summed E-state index contributed by atoms with van der Waals surface area (Å²) in [7, 11) is 3.83. The van der Waals surface area contributed by atoms with Crippen molar-refractivity contribution in [1.82, 2.24) is 5.32 Å². The van der Waals surface area contributed by atoms with E-state index in [2.05, 4.69) is 44.4 Å². The lowest BCUT2D eigenvalue weighted by molar-refractivity contribution is 0.191. The maximum atomic E-state index is 5.09. The molecule has 0 bridgehead atoms. The van der Waals surface area contributed by atoms with Crippen molar-refractivity contribution >= 4 is 0 Å². The first-order valence-electron chi connectivity index (χ1n) is 6.89. The Labute approximate surface area is 112 Å². The van der Waals surface area contributed by atoms with Crippen LogP contribution in [0, 0.1) is 13.8 Å². The van der Waals surface area contributed by atoms with Crippen LogP contribution in [0.15, 0.2) is 18.2 Å². The molecule has 1 N–H and O–H groups in total. The molecule has 0 aliphatic carbocycles. The summed E-state index contributed by atoms with van der Waals surface area (Å²) in [6.07, 6.45) is 4.72. The zero-order valence-corrected chi connectivity index (χ0v) is 12.3. The highest BCUT2D eigenvalue weighted by molar-refractivity contribution is 5.31. The first kappa shape index (κ1) is 15.2. The Morgan fingerprint density at radius 1 is 1.22 bits per heavy atom. The molecular weight excluding hydrogens is 222 g/mol. The number of hydrogen-bond acceptors (Lipinski definition) is 2. The van der Waals surface area contributed by atoms with Crippen LogP contribution in [0.4, 0.5) is 0 Å². The first-order chi connectivity index (χ1) is 8.67. The molecule has 102 valence electrons. The van der Waals surface area contributed by atoms with E-state index in [0.29, 0.717) is 6.04 Å². The third-order valence-electron chi connectivity index (χ3n) is 3.53. The van der Waals surface area contributed by atoms with Crippen LogP contribution in [0.1, 0.15) is 36.0 Å². The zero-order valence-electron chi connectivity index (χ0n) is 12.3. The first-order valence-corrected chi connectivity index (χ1v) is 6.89. The molecule has 0 saturated heterocycles. The monoisotopic (exact) mass is 249 g/mol. The second-order valence-corrected chi connectivity index (χ2v) is 5.11. The average Bonchev–Trinajstić information content (AvgIpc) is 2.37. The molecule has 2 heteroatoms. The van der Waals surface area contributed by atoms with Crippen molar-refractivity contribution in [3.8, 4) is 0 Å². The predicted octanol–water partition coefficient (Wildman–Crippen LogP) is 3.25. The maximum absolute atomic E-state index is 5.09. The second-order valence-electron chi connectivity index (χ2n) is 5.11. The molecule has 0 saturated carbocycles. The largest absolute Gasteiger partial charge is 0.385 e. The maximum Gasteiger partial charge on any atom is 0.0462 e. The van der Waals surface area contributed by atoms with Crippen molar-refractivity contribution in [3.63, 3.8) is 0 Å². The molecule has 1 aromatic rings. The van der Waals surface area contributed by atoms with Crippen molar-refractivity contribution in [2.75, 3.05) is 20.8 Å². The molecular formula is C16H27NO. The van der Waals surface area contributed by atoms with Crippen molar-refractivity contribution in [3.05, 3.63) is 34.9 Å². The molecule has 1 atom stereocenters. The van der Waals surface area contributed by atoms with Crippen LogP contribution in [-0.2, 0) is 11.2 Å². The van der Waals surface area contributed by atoms with Gasteiger partial charge in [-0.1, -0.05) is 23.8 Å². The van der Waals surface area contributed by atoms with E-state index in [9.17, 15) is 0 Å². The Morgan fingerprint density at radius 2 is 2.00 bits per heavy atom. The average molecular weight is 249 g/mol. The van der Waals surface area contributed by atoms with Gasteiger partial charge >= 0.3 is 0 Å². The Bertz CT molecular complexity index is 349. The highest BCUT2D eigenvalue weighted by atomic mass is 16.5. The molecule has 1 unspecified atom stereocenters. The molecule has 0 amide bonds. The van der Waals surface area contributed by atoms with E-state index in [0.717, 1.165) is 19.4 Å². The topological polar surface area (TPSA) is 21.3 Å². The van der Waals surface area contributed by atoms with Gasteiger partial charge in [-0.3, -0.25) is 0 Å². The smallest absolute Gasteiger partial charge is 0.0462 e. The molecule has 0 spiro atoms.